The zero-order valence-corrected chi connectivity index (χ0v) is 16.3. The molecule has 1 amide bonds. The lowest BCUT2D eigenvalue weighted by Crippen LogP contribution is -2.29. The molecule has 0 aliphatic rings. The van der Waals surface area contributed by atoms with Gasteiger partial charge in [0.15, 0.2) is 5.78 Å². The third-order valence-corrected chi connectivity index (χ3v) is 4.70. The van der Waals surface area contributed by atoms with Crippen LogP contribution in [0.4, 0.5) is 0 Å². The second-order valence-electron chi connectivity index (χ2n) is 6.87. The number of carbonyl (C=O) groups excluding carboxylic acids is 2. The van der Waals surface area contributed by atoms with Crippen molar-refractivity contribution in [3.8, 4) is 0 Å². The molecule has 30 heavy (non-hydrogen) atoms. The number of pyridine rings is 2. The van der Waals surface area contributed by atoms with Gasteiger partial charge in [-0.05, 0) is 31.2 Å². The van der Waals surface area contributed by atoms with Crippen LogP contribution in [0.2, 0.25) is 0 Å². The molecule has 0 aliphatic carbocycles. The Balaban J connectivity index is 1.72. The van der Waals surface area contributed by atoms with Gasteiger partial charge in [-0.15, -0.1) is 0 Å². The van der Waals surface area contributed by atoms with E-state index >= 15 is 0 Å². The molecule has 7 nitrogen and oxygen atoms in total. The first-order valence-electron chi connectivity index (χ1n) is 9.42. The highest BCUT2D eigenvalue weighted by molar-refractivity contribution is 6.10. The van der Waals surface area contributed by atoms with Crippen LogP contribution in [0.15, 0.2) is 76.3 Å². The summed E-state index contributed by atoms with van der Waals surface area (Å²) in [6.07, 6.45) is 2.95. The maximum Gasteiger partial charge on any atom is 0.240 e. The fourth-order valence-corrected chi connectivity index (χ4v) is 3.20. The average Bonchev–Trinajstić information content (AvgIpc) is 3.28. The van der Waals surface area contributed by atoms with E-state index in [2.05, 4.69) is 10.3 Å². The molecule has 0 unspecified atom stereocenters. The molecular formula is C23H19N3O4. The number of nitrogens with zero attached hydrogens (tertiary/aromatic N) is 2. The van der Waals surface area contributed by atoms with Crippen molar-refractivity contribution < 1.29 is 14.0 Å². The zero-order valence-electron chi connectivity index (χ0n) is 16.3. The van der Waals surface area contributed by atoms with Crippen LogP contribution in [0.1, 0.15) is 27.4 Å². The number of aromatic nitrogens is 2. The molecule has 3 heterocycles. The molecule has 0 aliphatic heterocycles. The third-order valence-electron chi connectivity index (χ3n) is 4.70. The molecule has 0 bridgehead atoms. The summed E-state index contributed by atoms with van der Waals surface area (Å²) in [5.41, 5.74) is 1.06. The Kier molecular flexibility index (Phi) is 5.26. The molecule has 4 rings (SSSR count). The van der Waals surface area contributed by atoms with Gasteiger partial charge in [-0.25, -0.2) is 4.98 Å². The first-order valence-corrected chi connectivity index (χ1v) is 9.42. The molecule has 7 heteroatoms. The van der Waals surface area contributed by atoms with Crippen LogP contribution >= 0.6 is 0 Å². The summed E-state index contributed by atoms with van der Waals surface area (Å²) in [4.78, 5) is 42.9. The summed E-state index contributed by atoms with van der Waals surface area (Å²) in [7, 11) is 0. The maximum absolute atomic E-state index is 13.0. The summed E-state index contributed by atoms with van der Waals surface area (Å²) in [6, 6.07) is 15.4. The minimum absolute atomic E-state index is 0.00168. The summed E-state index contributed by atoms with van der Waals surface area (Å²) in [6.45, 7) is 1.95. The number of amides is 1. The highest BCUT2D eigenvalue weighted by Crippen LogP contribution is 2.14. The smallest absolute Gasteiger partial charge is 0.240 e. The minimum atomic E-state index is -0.404. The van der Waals surface area contributed by atoms with Gasteiger partial charge in [0.05, 0.1) is 23.8 Å². The number of hydrogen-bond donors (Lipinski definition) is 1. The maximum atomic E-state index is 13.0. The molecular weight excluding hydrogens is 382 g/mol. The van der Waals surface area contributed by atoms with E-state index in [0.717, 1.165) is 0 Å². The Bertz CT molecular complexity index is 1280. The van der Waals surface area contributed by atoms with Crippen molar-refractivity contribution in [1.82, 2.24) is 14.9 Å². The number of benzene rings is 1. The monoisotopic (exact) mass is 401 g/mol. The molecule has 0 radical (unpaired) electrons. The number of fused-ring (bicyclic) bond motifs is 1. The Morgan fingerprint density at radius 2 is 1.87 bits per heavy atom. The molecule has 1 N–H and O–H groups in total. The highest BCUT2D eigenvalue weighted by Gasteiger charge is 2.19. The topological polar surface area (TPSA) is 94.2 Å². The first kappa shape index (κ1) is 19.3. The molecule has 3 aromatic heterocycles. The van der Waals surface area contributed by atoms with E-state index < -0.39 is 11.2 Å². The van der Waals surface area contributed by atoms with E-state index in [1.807, 2.05) is 0 Å². The fourth-order valence-electron chi connectivity index (χ4n) is 3.20. The van der Waals surface area contributed by atoms with Crippen LogP contribution in [-0.4, -0.2) is 21.2 Å². The molecule has 0 saturated heterocycles. The predicted octanol–water partition coefficient (Wildman–Crippen LogP) is 2.85. The lowest BCUT2D eigenvalue weighted by molar-refractivity contribution is -0.121. The third kappa shape index (κ3) is 3.91. The van der Waals surface area contributed by atoms with Crippen molar-refractivity contribution in [2.24, 2.45) is 0 Å². The second kappa shape index (κ2) is 8.16. The predicted molar refractivity (Wildman–Crippen MR) is 111 cm³/mol. The van der Waals surface area contributed by atoms with Crippen LogP contribution in [0, 0.1) is 6.92 Å². The van der Waals surface area contributed by atoms with Gasteiger partial charge in [0.25, 0.3) is 0 Å². The number of carbonyl (C=O) groups is 2. The molecule has 0 fully saturated rings. The van der Waals surface area contributed by atoms with Crippen molar-refractivity contribution in [2.75, 3.05) is 0 Å². The van der Waals surface area contributed by atoms with Gasteiger partial charge in [0.2, 0.25) is 11.3 Å². The molecule has 0 saturated carbocycles. The molecule has 0 atom stereocenters. The summed E-state index contributed by atoms with van der Waals surface area (Å²) < 4.78 is 6.75. The second-order valence-corrected chi connectivity index (χ2v) is 6.87. The van der Waals surface area contributed by atoms with Crippen molar-refractivity contribution in [1.29, 1.82) is 0 Å². The van der Waals surface area contributed by atoms with Gasteiger partial charge in [-0.1, -0.05) is 30.3 Å². The van der Waals surface area contributed by atoms with Crippen LogP contribution < -0.4 is 10.7 Å². The van der Waals surface area contributed by atoms with Crippen molar-refractivity contribution in [2.45, 2.75) is 20.0 Å². The van der Waals surface area contributed by atoms with Gasteiger partial charge < -0.3 is 14.3 Å². The standard InChI is InChI=1S/C23H19N3O4/c1-15-9-10-18-22(29)19(21(28)16-6-3-2-4-7-16)13-26(23(18)25-15)14-20(27)24-12-17-8-5-11-30-17/h2-11,13H,12,14H2,1H3,(H,24,27). The van der Waals surface area contributed by atoms with Crippen LogP contribution in [-0.2, 0) is 17.9 Å². The van der Waals surface area contributed by atoms with Crippen molar-refractivity contribution in [3.63, 3.8) is 0 Å². The lowest BCUT2D eigenvalue weighted by Gasteiger charge is -2.13. The van der Waals surface area contributed by atoms with Crippen LogP contribution in [0.5, 0.6) is 0 Å². The first-order chi connectivity index (χ1) is 14.5. The van der Waals surface area contributed by atoms with Crippen LogP contribution in [0.3, 0.4) is 0 Å². The summed E-state index contributed by atoms with van der Waals surface area (Å²) >= 11 is 0. The fraction of sp³-hybridized carbons (Fsp3) is 0.130. The van der Waals surface area contributed by atoms with Gasteiger partial charge in [0.1, 0.15) is 18.0 Å². The summed E-state index contributed by atoms with van der Waals surface area (Å²) in [5.74, 6) is -0.0624. The lowest BCUT2D eigenvalue weighted by atomic mass is 10.0. The number of hydrogen-bond acceptors (Lipinski definition) is 5. The highest BCUT2D eigenvalue weighted by atomic mass is 16.3. The normalized spacial score (nSPS) is 10.8. The molecule has 150 valence electrons. The van der Waals surface area contributed by atoms with E-state index in [1.165, 1.54) is 17.0 Å². The van der Waals surface area contributed by atoms with Gasteiger partial charge in [-0.2, -0.15) is 0 Å². The van der Waals surface area contributed by atoms with Crippen molar-refractivity contribution in [3.05, 3.63) is 99.9 Å². The average molecular weight is 401 g/mol. The number of ketones is 1. The number of rotatable bonds is 6. The molecule has 1 aromatic carbocycles. The number of aryl methyl sites for hydroxylation is 1. The Morgan fingerprint density at radius 3 is 2.60 bits per heavy atom. The molecule has 4 aromatic rings. The van der Waals surface area contributed by atoms with E-state index in [4.69, 9.17) is 4.42 Å². The quantitative estimate of drug-likeness (QED) is 0.502. The van der Waals surface area contributed by atoms with Gasteiger partial charge in [0, 0.05) is 17.5 Å². The number of nitrogens with one attached hydrogen (secondary N) is 1. The van der Waals surface area contributed by atoms with Gasteiger partial charge >= 0.3 is 0 Å². The zero-order chi connectivity index (χ0) is 21.1. The largest absolute Gasteiger partial charge is 0.467 e. The van der Waals surface area contributed by atoms with E-state index in [0.29, 0.717) is 28.1 Å². The minimum Gasteiger partial charge on any atom is -0.467 e. The Morgan fingerprint density at radius 1 is 1.07 bits per heavy atom. The summed E-state index contributed by atoms with van der Waals surface area (Å²) in [5, 5.41) is 3.06. The van der Waals surface area contributed by atoms with E-state index in [1.54, 1.807) is 61.5 Å². The Hall–Kier alpha value is -4.00. The van der Waals surface area contributed by atoms with E-state index in [-0.39, 0.29) is 24.6 Å². The van der Waals surface area contributed by atoms with Gasteiger partial charge in [-0.3, -0.25) is 14.4 Å². The molecule has 0 spiro atoms. The van der Waals surface area contributed by atoms with Crippen LogP contribution in [0.25, 0.3) is 11.0 Å². The Labute approximate surface area is 172 Å². The van der Waals surface area contributed by atoms with Crippen molar-refractivity contribution >= 4 is 22.7 Å². The SMILES string of the molecule is Cc1ccc2c(=O)c(C(=O)c3ccccc3)cn(CC(=O)NCc3ccco3)c2n1. The number of furan rings is 1. The van der Waals surface area contributed by atoms with E-state index in [9.17, 15) is 14.4 Å².